The number of benzene rings is 1. The number of rotatable bonds is 4. The van der Waals surface area contributed by atoms with Crippen LogP contribution in [0.25, 0.3) is 0 Å². The molecule has 1 N–H and O–H groups in total. The minimum absolute atomic E-state index is 0.166. The summed E-state index contributed by atoms with van der Waals surface area (Å²) in [5, 5.41) is 9.86. The molecule has 1 aromatic rings. The van der Waals surface area contributed by atoms with Crippen LogP contribution in [-0.4, -0.2) is 24.9 Å². The lowest BCUT2D eigenvalue weighted by molar-refractivity contribution is 0.0648. The van der Waals surface area contributed by atoms with Crippen molar-refractivity contribution in [3.8, 4) is 0 Å². The van der Waals surface area contributed by atoms with Gasteiger partial charge in [-0.1, -0.05) is 32.9 Å². The highest BCUT2D eigenvalue weighted by Crippen LogP contribution is 2.27. The van der Waals surface area contributed by atoms with Gasteiger partial charge in [-0.25, -0.2) is 0 Å². The molecule has 102 valence electrons. The van der Waals surface area contributed by atoms with Crippen LogP contribution in [0.2, 0.25) is 0 Å². The number of methoxy groups -OCH3 is 1. The Balaban J connectivity index is 3.02. The second-order valence-corrected chi connectivity index (χ2v) is 6.15. The molecule has 2 heteroatoms. The summed E-state index contributed by atoms with van der Waals surface area (Å²) in [4.78, 5) is 0. The Kier molecular flexibility index (Phi) is 4.94. The highest BCUT2D eigenvalue weighted by Gasteiger charge is 2.17. The summed E-state index contributed by atoms with van der Waals surface area (Å²) in [6.45, 7) is 11.3. The Morgan fingerprint density at radius 1 is 1.17 bits per heavy atom. The summed E-state index contributed by atoms with van der Waals surface area (Å²) < 4.78 is 4.98. The van der Waals surface area contributed by atoms with Gasteiger partial charge in [0.15, 0.2) is 0 Å². The molecule has 0 saturated heterocycles. The molecule has 0 bridgehead atoms. The smallest absolute Gasteiger partial charge is 0.0813 e. The number of aliphatic hydroxyl groups is 1. The van der Waals surface area contributed by atoms with Crippen LogP contribution in [0.5, 0.6) is 0 Å². The monoisotopic (exact) mass is 250 g/mol. The minimum atomic E-state index is -0.423. The van der Waals surface area contributed by atoms with Gasteiger partial charge in [0.1, 0.15) is 0 Å². The molecule has 0 aliphatic carbocycles. The fourth-order valence-corrected chi connectivity index (χ4v) is 2.24. The topological polar surface area (TPSA) is 29.5 Å². The first-order chi connectivity index (χ1) is 8.25. The molecular formula is C16H26O2. The molecule has 18 heavy (non-hydrogen) atoms. The average molecular weight is 250 g/mol. The SMILES string of the molecule is COCC(O)Cc1c(C)cc(C(C)(C)C)cc1C. The Bertz CT molecular complexity index is 379. The van der Waals surface area contributed by atoms with Crippen LogP contribution in [-0.2, 0) is 16.6 Å². The molecular weight excluding hydrogens is 224 g/mol. The summed E-state index contributed by atoms with van der Waals surface area (Å²) >= 11 is 0. The third-order valence-corrected chi connectivity index (χ3v) is 3.36. The van der Waals surface area contributed by atoms with Crippen molar-refractivity contribution in [2.45, 2.75) is 52.6 Å². The van der Waals surface area contributed by atoms with Gasteiger partial charge in [-0.05, 0) is 41.5 Å². The Morgan fingerprint density at radius 2 is 1.67 bits per heavy atom. The van der Waals surface area contributed by atoms with Crippen LogP contribution in [0.4, 0.5) is 0 Å². The molecule has 1 rings (SSSR count). The fourth-order valence-electron chi connectivity index (χ4n) is 2.24. The van der Waals surface area contributed by atoms with Gasteiger partial charge < -0.3 is 9.84 Å². The van der Waals surface area contributed by atoms with Crippen molar-refractivity contribution in [1.82, 2.24) is 0 Å². The molecule has 1 unspecified atom stereocenters. The third kappa shape index (κ3) is 3.82. The van der Waals surface area contributed by atoms with Gasteiger partial charge in [0, 0.05) is 13.5 Å². The summed E-state index contributed by atoms with van der Waals surface area (Å²) in [6, 6.07) is 4.48. The van der Waals surface area contributed by atoms with E-state index in [2.05, 4.69) is 46.8 Å². The van der Waals surface area contributed by atoms with Crippen molar-refractivity contribution in [3.63, 3.8) is 0 Å². The first kappa shape index (κ1) is 15.2. The number of hydrogen-bond donors (Lipinski definition) is 1. The molecule has 0 radical (unpaired) electrons. The lowest BCUT2D eigenvalue weighted by atomic mass is 9.83. The predicted molar refractivity (Wildman–Crippen MR) is 76.2 cm³/mol. The lowest BCUT2D eigenvalue weighted by Gasteiger charge is -2.23. The fraction of sp³-hybridized carbons (Fsp3) is 0.625. The summed E-state index contributed by atoms with van der Waals surface area (Å²) in [5.74, 6) is 0. The Morgan fingerprint density at radius 3 is 2.06 bits per heavy atom. The molecule has 0 aliphatic heterocycles. The molecule has 0 fully saturated rings. The maximum absolute atomic E-state index is 9.86. The van der Waals surface area contributed by atoms with E-state index in [1.54, 1.807) is 7.11 Å². The van der Waals surface area contributed by atoms with Gasteiger partial charge in [-0.3, -0.25) is 0 Å². The van der Waals surface area contributed by atoms with Gasteiger partial charge in [0.2, 0.25) is 0 Å². The summed E-state index contributed by atoms with van der Waals surface area (Å²) in [5.41, 5.74) is 5.28. The van der Waals surface area contributed by atoms with E-state index >= 15 is 0 Å². The number of ether oxygens (including phenoxy) is 1. The zero-order valence-electron chi connectivity index (χ0n) is 12.5. The van der Waals surface area contributed by atoms with Crippen LogP contribution < -0.4 is 0 Å². The second kappa shape index (κ2) is 5.85. The number of aliphatic hydroxyl groups excluding tert-OH is 1. The number of hydrogen-bond acceptors (Lipinski definition) is 2. The van der Waals surface area contributed by atoms with E-state index in [4.69, 9.17) is 4.74 Å². The van der Waals surface area contributed by atoms with E-state index in [-0.39, 0.29) is 5.41 Å². The molecule has 0 spiro atoms. The van der Waals surface area contributed by atoms with Crippen molar-refractivity contribution >= 4 is 0 Å². The van der Waals surface area contributed by atoms with E-state index in [0.717, 1.165) is 0 Å². The maximum atomic E-state index is 9.86. The van der Waals surface area contributed by atoms with Crippen LogP contribution in [0, 0.1) is 13.8 Å². The molecule has 1 aromatic carbocycles. The van der Waals surface area contributed by atoms with Crippen LogP contribution in [0.15, 0.2) is 12.1 Å². The van der Waals surface area contributed by atoms with Crippen LogP contribution in [0.1, 0.15) is 43.0 Å². The Labute approximate surface area is 111 Å². The maximum Gasteiger partial charge on any atom is 0.0813 e. The molecule has 0 heterocycles. The highest BCUT2D eigenvalue weighted by molar-refractivity contribution is 5.40. The average Bonchev–Trinajstić information content (AvgIpc) is 2.22. The Hall–Kier alpha value is -0.860. The minimum Gasteiger partial charge on any atom is -0.390 e. The third-order valence-electron chi connectivity index (χ3n) is 3.36. The lowest BCUT2D eigenvalue weighted by Crippen LogP contribution is -2.19. The molecule has 0 saturated carbocycles. The number of aryl methyl sites for hydroxylation is 2. The van der Waals surface area contributed by atoms with E-state index in [9.17, 15) is 5.11 Å². The highest BCUT2D eigenvalue weighted by atomic mass is 16.5. The van der Waals surface area contributed by atoms with Crippen molar-refractivity contribution in [3.05, 3.63) is 34.4 Å². The van der Waals surface area contributed by atoms with Gasteiger partial charge >= 0.3 is 0 Å². The quantitative estimate of drug-likeness (QED) is 0.889. The van der Waals surface area contributed by atoms with Crippen molar-refractivity contribution in [1.29, 1.82) is 0 Å². The van der Waals surface area contributed by atoms with Gasteiger partial charge in [0.25, 0.3) is 0 Å². The standard InChI is InChI=1S/C16H26O2/c1-11-7-13(16(3,4)5)8-12(2)15(11)9-14(17)10-18-6/h7-8,14,17H,9-10H2,1-6H3. The van der Waals surface area contributed by atoms with Crippen molar-refractivity contribution < 1.29 is 9.84 Å². The van der Waals surface area contributed by atoms with Gasteiger partial charge in [-0.2, -0.15) is 0 Å². The summed E-state index contributed by atoms with van der Waals surface area (Å²) in [7, 11) is 1.62. The van der Waals surface area contributed by atoms with Crippen LogP contribution in [0.3, 0.4) is 0 Å². The van der Waals surface area contributed by atoms with Crippen molar-refractivity contribution in [2.24, 2.45) is 0 Å². The largest absolute Gasteiger partial charge is 0.390 e. The molecule has 0 aliphatic rings. The predicted octanol–water partition coefficient (Wildman–Crippen LogP) is 3.15. The molecule has 0 aromatic heterocycles. The van der Waals surface area contributed by atoms with E-state index in [0.29, 0.717) is 13.0 Å². The van der Waals surface area contributed by atoms with Gasteiger partial charge in [-0.15, -0.1) is 0 Å². The first-order valence-electron chi connectivity index (χ1n) is 6.53. The summed E-state index contributed by atoms with van der Waals surface area (Å²) in [6.07, 6.45) is 0.239. The van der Waals surface area contributed by atoms with Gasteiger partial charge in [0.05, 0.1) is 12.7 Å². The molecule has 0 amide bonds. The van der Waals surface area contributed by atoms with E-state index in [1.807, 2.05) is 0 Å². The van der Waals surface area contributed by atoms with E-state index < -0.39 is 6.10 Å². The second-order valence-electron chi connectivity index (χ2n) is 6.15. The van der Waals surface area contributed by atoms with Crippen LogP contribution >= 0.6 is 0 Å². The molecule has 1 atom stereocenters. The zero-order valence-corrected chi connectivity index (χ0v) is 12.5. The van der Waals surface area contributed by atoms with Crippen molar-refractivity contribution in [2.75, 3.05) is 13.7 Å². The first-order valence-corrected chi connectivity index (χ1v) is 6.53. The van der Waals surface area contributed by atoms with E-state index in [1.165, 1.54) is 22.3 Å². The zero-order chi connectivity index (χ0) is 13.9. The molecule has 2 nitrogen and oxygen atoms in total. The normalized spacial score (nSPS) is 13.7.